The number of hydrogen-bond donors (Lipinski definition) is 1. The van der Waals surface area contributed by atoms with Gasteiger partial charge in [0.15, 0.2) is 0 Å². The molecule has 1 aromatic carbocycles. The summed E-state index contributed by atoms with van der Waals surface area (Å²) in [7, 11) is 1.79. The van der Waals surface area contributed by atoms with E-state index in [1.54, 1.807) is 31.0 Å². The highest BCUT2D eigenvalue weighted by Crippen LogP contribution is 2.25. The van der Waals surface area contributed by atoms with E-state index in [1.165, 1.54) is 0 Å². The van der Waals surface area contributed by atoms with Crippen molar-refractivity contribution in [3.8, 4) is 11.3 Å². The second-order valence-corrected chi connectivity index (χ2v) is 4.69. The molecule has 0 fully saturated rings. The lowest BCUT2D eigenvalue weighted by molar-refractivity contribution is 0.102. The van der Waals surface area contributed by atoms with E-state index >= 15 is 0 Å². The molecule has 0 unspecified atom stereocenters. The second kappa shape index (κ2) is 5.24. The number of amides is 1. The molecule has 6 heteroatoms. The SMILES string of the molecule is Cc1onc(-c2ccccc2)c1C(=O)Nc1cnn(C)c1. The summed E-state index contributed by atoms with van der Waals surface area (Å²) in [6, 6.07) is 9.46. The molecular formula is C15H14N4O2. The van der Waals surface area contributed by atoms with E-state index in [0.717, 1.165) is 5.56 Å². The maximum atomic E-state index is 12.5. The van der Waals surface area contributed by atoms with Crippen LogP contribution in [-0.2, 0) is 7.05 Å². The van der Waals surface area contributed by atoms with Crippen LogP contribution < -0.4 is 5.32 Å². The minimum atomic E-state index is -0.263. The van der Waals surface area contributed by atoms with Gasteiger partial charge in [0.2, 0.25) is 0 Å². The van der Waals surface area contributed by atoms with E-state index in [0.29, 0.717) is 22.7 Å². The fourth-order valence-corrected chi connectivity index (χ4v) is 2.11. The van der Waals surface area contributed by atoms with Gasteiger partial charge in [-0.2, -0.15) is 5.10 Å². The van der Waals surface area contributed by atoms with Crippen molar-refractivity contribution in [2.45, 2.75) is 6.92 Å². The second-order valence-electron chi connectivity index (χ2n) is 4.69. The number of aromatic nitrogens is 3. The van der Waals surface area contributed by atoms with E-state index in [4.69, 9.17) is 4.52 Å². The molecule has 21 heavy (non-hydrogen) atoms. The number of carbonyl (C=O) groups is 1. The van der Waals surface area contributed by atoms with Gasteiger partial charge in [0.25, 0.3) is 5.91 Å². The van der Waals surface area contributed by atoms with Crippen LogP contribution in [0.25, 0.3) is 11.3 Å². The molecular weight excluding hydrogens is 268 g/mol. The Hall–Kier alpha value is -2.89. The average Bonchev–Trinajstić information content (AvgIpc) is 3.06. The van der Waals surface area contributed by atoms with E-state index in [1.807, 2.05) is 30.3 Å². The highest BCUT2D eigenvalue weighted by atomic mass is 16.5. The van der Waals surface area contributed by atoms with Gasteiger partial charge in [-0.25, -0.2) is 0 Å². The first-order chi connectivity index (χ1) is 10.1. The minimum absolute atomic E-state index is 0.263. The first-order valence-corrected chi connectivity index (χ1v) is 6.47. The zero-order chi connectivity index (χ0) is 14.8. The number of hydrogen-bond acceptors (Lipinski definition) is 4. The van der Waals surface area contributed by atoms with Crippen LogP contribution in [0.2, 0.25) is 0 Å². The van der Waals surface area contributed by atoms with Gasteiger partial charge in [-0.05, 0) is 6.92 Å². The molecule has 0 saturated heterocycles. The largest absolute Gasteiger partial charge is 0.360 e. The lowest BCUT2D eigenvalue weighted by Gasteiger charge is -2.03. The zero-order valence-corrected chi connectivity index (χ0v) is 11.7. The Balaban J connectivity index is 1.95. The van der Waals surface area contributed by atoms with Gasteiger partial charge >= 0.3 is 0 Å². The molecule has 1 amide bonds. The van der Waals surface area contributed by atoms with E-state index < -0.39 is 0 Å². The van der Waals surface area contributed by atoms with Crippen molar-refractivity contribution in [2.75, 3.05) is 5.32 Å². The molecule has 2 heterocycles. The maximum Gasteiger partial charge on any atom is 0.261 e. The van der Waals surface area contributed by atoms with Gasteiger partial charge < -0.3 is 9.84 Å². The van der Waals surface area contributed by atoms with Gasteiger partial charge in [-0.3, -0.25) is 9.48 Å². The quantitative estimate of drug-likeness (QED) is 0.801. The number of aryl methyl sites for hydroxylation is 2. The van der Waals surface area contributed by atoms with Crippen molar-refractivity contribution < 1.29 is 9.32 Å². The Labute approximate surface area is 121 Å². The van der Waals surface area contributed by atoms with Gasteiger partial charge in [0, 0.05) is 18.8 Å². The molecule has 0 bridgehead atoms. The average molecular weight is 282 g/mol. The molecule has 0 radical (unpaired) electrons. The topological polar surface area (TPSA) is 73.0 Å². The summed E-state index contributed by atoms with van der Waals surface area (Å²) in [5.41, 5.74) is 2.44. The van der Waals surface area contributed by atoms with Gasteiger partial charge in [0.1, 0.15) is 17.0 Å². The van der Waals surface area contributed by atoms with Crippen LogP contribution in [0.15, 0.2) is 47.2 Å². The van der Waals surface area contributed by atoms with E-state index in [-0.39, 0.29) is 5.91 Å². The summed E-state index contributed by atoms with van der Waals surface area (Å²) in [6.07, 6.45) is 3.31. The van der Waals surface area contributed by atoms with Crippen LogP contribution in [0.5, 0.6) is 0 Å². The molecule has 3 aromatic rings. The van der Waals surface area contributed by atoms with E-state index in [2.05, 4.69) is 15.6 Å². The third kappa shape index (κ3) is 2.55. The number of nitrogens with one attached hydrogen (secondary N) is 1. The van der Waals surface area contributed by atoms with Gasteiger partial charge in [-0.15, -0.1) is 0 Å². The monoisotopic (exact) mass is 282 g/mol. The summed E-state index contributed by atoms with van der Waals surface area (Å²) in [6.45, 7) is 1.72. The highest BCUT2D eigenvalue weighted by molar-refractivity contribution is 6.08. The summed E-state index contributed by atoms with van der Waals surface area (Å²) < 4.78 is 6.80. The minimum Gasteiger partial charge on any atom is -0.360 e. The molecule has 0 atom stereocenters. The number of benzene rings is 1. The fraction of sp³-hybridized carbons (Fsp3) is 0.133. The number of nitrogens with zero attached hydrogens (tertiary/aromatic N) is 3. The number of anilines is 1. The first-order valence-electron chi connectivity index (χ1n) is 6.47. The molecule has 0 saturated carbocycles. The highest BCUT2D eigenvalue weighted by Gasteiger charge is 2.21. The summed E-state index contributed by atoms with van der Waals surface area (Å²) in [5, 5.41) is 10.8. The predicted octanol–water partition coefficient (Wildman–Crippen LogP) is 2.64. The van der Waals surface area contributed by atoms with Crippen LogP contribution in [0.4, 0.5) is 5.69 Å². The number of rotatable bonds is 3. The van der Waals surface area contributed by atoms with Crippen LogP contribution in [0.1, 0.15) is 16.1 Å². The molecule has 2 aromatic heterocycles. The van der Waals surface area contributed by atoms with Crippen molar-refractivity contribution in [1.29, 1.82) is 0 Å². The Bertz CT molecular complexity index is 774. The Morgan fingerprint density at radius 1 is 1.29 bits per heavy atom. The van der Waals surface area contributed by atoms with Crippen LogP contribution in [0.3, 0.4) is 0 Å². The standard InChI is InChI=1S/C15H14N4O2/c1-10-13(15(20)17-12-8-16-19(2)9-12)14(18-21-10)11-6-4-3-5-7-11/h3-9H,1-2H3,(H,17,20). The van der Waals surface area contributed by atoms with Crippen LogP contribution in [0, 0.1) is 6.92 Å². The Morgan fingerprint density at radius 3 is 2.71 bits per heavy atom. The van der Waals surface area contributed by atoms with Crippen molar-refractivity contribution in [3.63, 3.8) is 0 Å². The molecule has 1 N–H and O–H groups in total. The van der Waals surface area contributed by atoms with Gasteiger partial charge in [-0.1, -0.05) is 35.5 Å². The van der Waals surface area contributed by atoms with Crippen molar-refractivity contribution >= 4 is 11.6 Å². The zero-order valence-electron chi connectivity index (χ0n) is 11.7. The van der Waals surface area contributed by atoms with Crippen molar-refractivity contribution in [2.24, 2.45) is 7.05 Å². The number of carbonyl (C=O) groups excluding carboxylic acids is 1. The maximum absolute atomic E-state index is 12.5. The molecule has 0 aliphatic heterocycles. The Morgan fingerprint density at radius 2 is 2.05 bits per heavy atom. The van der Waals surface area contributed by atoms with Gasteiger partial charge in [0.05, 0.1) is 11.9 Å². The van der Waals surface area contributed by atoms with Crippen LogP contribution in [-0.4, -0.2) is 20.8 Å². The Kier molecular flexibility index (Phi) is 3.27. The molecule has 3 rings (SSSR count). The molecule has 0 aliphatic carbocycles. The summed E-state index contributed by atoms with van der Waals surface area (Å²) in [4.78, 5) is 12.5. The molecule has 0 spiro atoms. The summed E-state index contributed by atoms with van der Waals surface area (Å²) >= 11 is 0. The summed E-state index contributed by atoms with van der Waals surface area (Å²) in [5.74, 6) is 0.218. The predicted molar refractivity (Wildman–Crippen MR) is 77.8 cm³/mol. The normalized spacial score (nSPS) is 10.6. The fourth-order valence-electron chi connectivity index (χ4n) is 2.11. The third-order valence-corrected chi connectivity index (χ3v) is 3.10. The lowest BCUT2D eigenvalue weighted by Crippen LogP contribution is -2.13. The van der Waals surface area contributed by atoms with E-state index in [9.17, 15) is 4.79 Å². The first kappa shape index (κ1) is 13.1. The lowest BCUT2D eigenvalue weighted by atomic mass is 10.1. The molecule has 106 valence electrons. The molecule has 0 aliphatic rings. The smallest absolute Gasteiger partial charge is 0.261 e. The van der Waals surface area contributed by atoms with Crippen molar-refractivity contribution in [1.82, 2.24) is 14.9 Å². The third-order valence-electron chi connectivity index (χ3n) is 3.10. The molecule has 6 nitrogen and oxygen atoms in total. The van der Waals surface area contributed by atoms with Crippen LogP contribution >= 0.6 is 0 Å². The van der Waals surface area contributed by atoms with Crippen molar-refractivity contribution in [3.05, 3.63) is 54.0 Å².